The number of aryl methyl sites for hydroxylation is 1. The number of ether oxygens (including phenoxy) is 1. The van der Waals surface area contributed by atoms with E-state index in [9.17, 15) is 19.5 Å². The second-order valence-corrected chi connectivity index (χ2v) is 12.2. The first-order chi connectivity index (χ1) is 19.7. The van der Waals surface area contributed by atoms with Crippen molar-refractivity contribution in [2.45, 2.75) is 57.7 Å². The van der Waals surface area contributed by atoms with Gasteiger partial charge in [-0.3, -0.25) is 4.79 Å². The molecule has 0 bridgehead atoms. The van der Waals surface area contributed by atoms with Crippen molar-refractivity contribution in [2.24, 2.45) is 5.92 Å². The fraction of sp³-hybridized carbons (Fsp3) is 0.517. The number of pyridine rings is 1. The summed E-state index contributed by atoms with van der Waals surface area (Å²) in [6.07, 6.45) is 6.80. The van der Waals surface area contributed by atoms with E-state index >= 15 is 4.39 Å². The van der Waals surface area contributed by atoms with Crippen LogP contribution < -0.4 is 15.6 Å². The second-order valence-electron chi connectivity index (χ2n) is 10.6. The molecule has 2 fully saturated rings. The number of hydrogen-bond donors (Lipinski definition) is 2. The minimum Gasteiger partial charge on any atom is -0.477 e. The average molecular weight is 603 g/mol. The quantitative estimate of drug-likeness (QED) is 0.367. The number of thioether (sulfide) groups is 1. The van der Waals surface area contributed by atoms with Crippen molar-refractivity contribution in [3.8, 4) is 0 Å². The number of benzene rings is 1. The molecule has 2 aromatic rings. The molecule has 2 N–H and O–H groups in total. The number of carboxylic acid groups (broad SMARTS) is 1. The Morgan fingerprint density at radius 3 is 2.56 bits per heavy atom. The number of carbonyl (C=O) groups excluding carboxylic acids is 1. The molecule has 41 heavy (non-hydrogen) atoms. The monoisotopic (exact) mass is 602 g/mol. The van der Waals surface area contributed by atoms with Crippen molar-refractivity contribution < 1.29 is 23.8 Å². The minimum absolute atomic E-state index is 0.0491. The third kappa shape index (κ3) is 5.81. The van der Waals surface area contributed by atoms with Crippen LogP contribution >= 0.6 is 24.0 Å². The first-order valence-electron chi connectivity index (χ1n) is 14.2. The Morgan fingerprint density at radius 2 is 1.88 bits per heavy atom. The average Bonchev–Trinajstić information content (AvgIpc) is 3.13. The van der Waals surface area contributed by atoms with Crippen LogP contribution in [-0.4, -0.2) is 69.7 Å². The van der Waals surface area contributed by atoms with Crippen LogP contribution in [0.15, 0.2) is 33.7 Å². The van der Waals surface area contributed by atoms with E-state index in [4.69, 9.17) is 17.0 Å². The molecule has 3 heterocycles. The lowest BCUT2D eigenvalue weighted by molar-refractivity contribution is -0.139. The van der Waals surface area contributed by atoms with Crippen LogP contribution in [0.4, 0.5) is 10.1 Å². The SMILES string of the molecule is CCOC(=O)C1=C(NC(=S)N2CCN(c3cc4c(cc3F)c(=O)c(C(=O)O)cn4CC)CC2)S[C@H]2CCCCC[C@H]12. The van der Waals surface area contributed by atoms with E-state index in [0.717, 1.165) is 42.4 Å². The topological polar surface area (TPSA) is 104 Å². The number of nitrogens with zero attached hydrogens (tertiary/aromatic N) is 3. The van der Waals surface area contributed by atoms with Gasteiger partial charge >= 0.3 is 11.9 Å². The van der Waals surface area contributed by atoms with Gasteiger partial charge in [-0.05, 0) is 51.0 Å². The Labute approximate surface area is 247 Å². The van der Waals surface area contributed by atoms with Crippen LogP contribution in [0, 0.1) is 11.7 Å². The Balaban J connectivity index is 1.32. The number of thiocarbonyl (C=S) groups is 1. The third-order valence-electron chi connectivity index (χ3n) is 8.18. The van der Waals surface area contributed by atoms with E-state index in [1.54, 1.807) is 22.4 Å². The van der Waals surface area contributed by atoms with Gasteiger partial charge in [-0.1, -0.05) is 19.3 Å². The molecular formula is C29H35FN4O5S2. The first kappa shape index (κ1) is 29.4. The van der Waals surface area contributed by atoms with Crippen LogP contribution in [0.25, 0.3) is 10.9 Å². The van der Waals surface area contributed by atoms with Gasteiger partial charge in [0.25, 0.3) is 0 Å². The number of halogens is 1. The van der Waals surface area contributed by atoms with Crippen LogP contribution in [0.3, 0.4) is 0 Å². The van der Waals surface area contributed by atoms with Crippen molar-refractivity contribution >= 4 is 57.6 Å². The van der Waals surface area contributed by atoms with Gasteiger partial charge in [-0.15, -0.1) is 11.8 Å². The lowest BCUT2D eigenvalue weighted by Gasteiger charge is -2.37. The Morgan fingerprint density at radius 1 is 1.15 bits per heavy atom. The molecule has 9 nitrogen and oxygen atoms in total. The molecule has 0 unspecified atom stereocenters. The molecule has 0 radical (unpaired) electrons. The van der Waals surface area contributed by atoms with Crippen LogP contribution in [0.2, 0.25) is 0 Å². The number of carbonyl (C=O) groups is 2. The molecule has 5 rings (SSSR count). The maximum atomic E-state index is 15.3. The van der Waals surface area contributed by atoms with Gasteiger partial charge in [-0.2, -0.15) is 0 Å². The molecule has 0 amide bonds. The van der Waals surface area contributed by atoms with Crippen molar-refractivity contribution in [3.05, 3.63) is 50.5 Å². The van der Waals surface area contributed by atoms with Gasteiger partial charge in [0, 0.05) is 55.5 Å². The molecule has 2 aliphatic heterocycles. The number of aromatic carboxylic acids is 1. The molecular weight excluding hydrogens is 567 g/mol. The minimum atomic E-state index is -1.33. The number of aromatic nitrogens is 1. The molecule has 1 aromatic heterocycles. The number of carboxylic acids is 1. The van der Waals surface area contributed by atoms with Crippen molar-refractivity contribution in [2.75, 3.05) is 37.7 Å². The highest BCUT2D eigenvalue weighted by Crippen LogP contribution is 2.47. The molecule has 0 spiro atoms. The summed E-state index contributed by atoms with van der Waals surface area (Å²) in [7, 11) is 0. The number of hydrogen-bond acceptors (Lipinski definition) is 7. The molecule has 3 aliphatic rings. The molecule has 2 atom stereocenters. The smallest absolute Gasteiger partial charge is 0.341 e. The summed E-state index contributed by atoms with van der Waals surface area (Å²) in [4.78, 5) is 41.1. The largest absolute Gasteiger partial charge is 0.477 e. The number of fused-ring (bicyclic) bond motifs is 2. The zero-order valence-corrected chi connectivity index (χ0v) is 24.9. The van der Waals surface area contributed by atoms with Gasteiger partial charge in [0.15, 0.2) is 5.11 Å². The van der Waals surface area contributed by atoms with E-state index in [0.29, 0.717) is 60.9 Å². The molecule has 1 saturated carbocycles. The number of rotatable bonds is 6. The third-order valence-corrected chi connectivity index (χ3v) is 9.97. The molecule has 1 aliphatic carbocycles. The molecule has 1 saturated heterocycles. The number of nitrogens with one attached hydrogen (secondary N) is 1. The highest BCUT2D eigenvalue weighted by Gasteiger charge is 2.41. The first-order valence-corrected chi connectivity index (χ1v) is 15.5. The highest BCUT2D eigenvalue weighted by atomic mass is 32.2. The van der Waals surface area contributed by atoms with E-state index in [2.05, 4.69) is 5.32 Å². The van der Waals surface area contributed by atoms with Gasteiger partial charge in [-0.25, -0.2) is 14.0 Å². The second kappa shape index (κ2) is 12.4. The van der Waals surface area contributed by atoms with Crippen molar-refractivity contribution in [3.63, 3.8) is 0 Å². The van der Waals surface area contributed by atoms with E-state index in [1.165, 1.54) is 12.6 Å². The fourth-order valence-corrected chi connectivity index (χ4v) is 7.95. The maximum absolute atomic E-state index is 15.3. The standard InChI is InChI=1S/C29H35FN4O5S2/c1-3-32-16-19(27(36)37)25(35)18-14-20(30)22(15-21(18)32)33-10-12-34(13-11-33)29(40)31-26-24(28(38)39-4-2)17-8-6-5-7-9-23(17)41-26/h14-17,23H,3-13H2,1-2H3,(H,31,40)(H,36,37)/t17-,23-/m0/s1. The van der Waals surface area contributed by atoms with Crippen molar-refractivity contribution in [1.82, 2.24) is 14.8 Å². The summed E-state index contributed by atoms with van der Waals surface area (Å²) in [6, 6.07) is 2.77. The Kier molecular flexibility index (Phi) is 8.88. The Bertz CT molecular complexity index is 1470. The van der Waals surface area contributed by atoms with Crippen molar-refractivity contribution in [1.29, 1.82) is 0 Å². The van der Waals surface area contributed by atoms with Gasteiger partial charge < -0.3 is 29.5 Å². The molecule has 12 heteroatoms. The van der Waals surface area contributed by atoms with Gasteiger partial charge in [0.1, 0.15) is 11.4 Å². The van der Waals surface area contributed by atoms with Crippen LogP contribution in [-0.2, 0) is 16.1 Å². The molecule has 220 valence electrons. The predicted molar refractivity (Wildman–Crippen MR) is 162 cm³/mol. The van der Waals surface area contributed by atoms with Gasteiger partial charge in [0.2, 0.25) is 5.43 Å². The lowest BCUT2D eigenvalue weighted by atomic mass is 9.92. The van der Waals surface area contributed by atoms with E-state index < -0.39 is 17.2 Å². The van der Waals surface area contributed by atoms with E-state index in [-0.39, 0.29) is 22.8 Å². The summed E-state index contributed by atoms with van der Waals surface area (Å²) in [5, 5.41) is 14.5. The Hall–Kier alpha value is -3.12. The van der Waals surface area contributed by atoms with Gasteiger partial charge in [0.05, 0.1) is 28.4 Å². The number of anilines is 1. The fourth-order valence-electron chi connectivity index (χ4n) is 6.06. The zero-order chi connectivity index (χ0) is 29.3. The number of esters is 1. The van der Waals surface area contributed by atoms with Crippen LogP contribution in [0.1, 0.15) is 56.3 Å². The van der Waals surface area contributed by atoms with E-state index in [1.807, 2.05) is 23.6 Å². The maximum Gasteiger partial charge on any atom is 0.341 e. The zero-order valence-electron chi connectivity index (χ0n) is 23.3. The summed E-state index contributed by atoms with van der Waals surface area (Å²) >= 11 is 7.47. The highest BCUT2D eigenvalue weighted by molar-refractivity contribution is 8.04. The predicted octanol–water partition coefficient (Wildman–Crippen LogP) is 4.33. The number of piperazine rings is 1. The normalized spacial score (nSPS) is 21.0. The summed E-state index contributed by atoms with van der Waals surface area (Å²) in [5.74, 6) is -2.00. The lowest BCUT2D eigenvalue weighted by Crippen LogP contribution is -2.51. The van der Waals surface area contributed by atoms with Crippen LogP contribution in [0.5, 0.6) is 0 Å². The molecule has 1 aromatic carbocycles. The summed E-state index contributed by atoms with van der Waals surface area (Å²) in [5.41, 5.74) is 0.501. The summed E-state index contributed by atoms with van der Waals surface area (Å²) < 4.78 is 22.4. The summed E-state index contributed by atoms with van der Waals surface area (Å²) in [6.45, 7) is 6.49.